The molecule has 1 aromatic carbocycles. The Balaban J connectivity index is 1.58. The Morgan fingerprint density at radius 1 is 1.16 bits per heavy atom. The van der Waals surface area contributed by atoms with E-state index in [2.05, 4.69) is 46.3 Å². The van der Waals surface area contributed by atoms with Crippen LogP contribution < -0.4 is 4.90 Å². The average molecular weight is 478 g/mol. The maximum Gasteiger partial charge on any atom is 0.235 e. The van der Waals surface area contributed by atoms with E-state index < -0.39 is 15.1 Å². The number of benzene rings is 1. The van der Waals surface area contributed by atoms with Crippen molar-refractivity contribution in [1.82, 2.24) is 19.7 Å². The fourth-order valence-corrected chi connectivity index (χ4v) is 7.05. The predicted octanol–water partition coefficient (Wildman–Crippen LogP) is 2.69. The molecular formula is C22H31N5O3S2. The summed E-state index contributed by atoms with van der Waals surface area (Å²) in [6, 6.07) is 7.98. The molecule has 4 rings (SSSR count). The third-order valence-corrected chi connectivity index (χ3v) is 9.06. The molecule has 0 radical (unpaired) electrons. The Morgan fingerprint density at radius 2 is 1.84 bits per heavy atom. The van der Waals surface area contributed by atoms with Crippen LogP contribution in [0.2, 0.25) is 0 Å². The van der Waals surface area contributed by atoms with Crippen molar-refractivity contribution >= 4 is 33.5 Å². The summed E-state index contributed by atoms with van der Waals surface area (Å²) in [7, 11) is -1.34. The second-order valence-corrected chi connectivity index (χ2v) is 12.3. The Bertz CT molecular complexity index is 1060. The molecule has 1 aromatic heterocycles. The molecule has 174 valence electrons. The monoisotopic (exact) mass is 477 g/mol. The van der Waals surface area contributed by atoms with E-state index in [1.165, 1.54) is 23.7 Å². The third kappa shape index (κ3) is 4.96. The number of sulfone groups is 1. The minimum absolute atomic E-state index is 0.0469. The van der Waals surface area contributed by atoms with Crippen LogP contribution in [0.15, 0.2) is 29.4 Å². The highest BCUT2D eigenvalue weighted by Gasteiger charge is 2.35. The molecule has 8 nitrogen and oxygen atoms in total. The van der Waals surface area contributed by atoms with E-state index in [-0.39, 0.29) is 23.5 Å². The minimum Gasteiger partial charge on any atom is -0.341 e. The van der Waals surface area contributed by atoms with Gasteiger partial charge in [-0.1, -0.05) is 29.5 Å². The van der Waals surface area contributed by atoms with Crippen LogP contribution in [0.4, 0.5) is 5.95 Å². The van der Waals surface area contributed by atoms with Crippen molar-refractivity contribution in [3.63, 3.8) is 0 Å². The van der Waals surface area contributed by atoms with Crippen molar-refractivity contribution in [2.24, 2.45) is 0 Å². The molecule has 2 aliphatic heterocycles. The predicted molar refractivity (Wildman–Crippen MR) is 127 cm³/mol. The van der Waals surface area contributed by atoms with Gasteiger partial charge in [0.1, 0.15) is 0 Å². The van der Waals surface area contributed by atoms with Gasteiger partial charge in [-0.2, -0.15) is 0 Å². The van der Waals surface area contributed by atoms with E-state index in [9.17, 15) is 13.2 Å². The molecule has 2 aliphatic rings. The number of carbonyl (C=O) groups is 1. The first kappa shape index (κ1) is 23.1. The number of aromatic nitrogens is 3. The Labute approximate surface area is 194 Å². The van der Waals surface area contributed by atoms with Crippen molar-refractivity contribution in [2.75, 3.05) is 36.5 Å². The topological polar surface area (TPSA) is 88.4 Å². The van der Waals surface area contributed by atoms with Crippen LogP contribution in [-0.4, -0.2) is 76.9 Å². The zero-order valence-electron chi connectivity index (χ0n) is 18.9. The van der Waals surface area contributed by atoms with Gasteiger partial charge in [0, 0.05) is 26.2 Å². The summed E-state index contributed by atoms with van der Waals surface area (Å²) >= 11 is 1.37. The van der Waals surface area contributed by atoms with Gasteiger partial charge in [-0.15, -0.1) is 10.2 Å². The lowest BCUT2D eigenvalue weighted by molar-refractivity contribution is -0.130. The van der Waals surface area contributed by atoms with Crippen LogP contribution in [0.1, 0.15) is 38.2 Å². The van der Waals surface area contributed by atoms with Crippen molar-refractivity contribution in [1.29, 1.82) is 0 Å². The van der Waals surface area contributed by atoms with Crippen LogP contribution >= 0.6 is 11.8 Å². The number of hydrogen-bond acceptors (Lipinski definition) is 7. The number of aryl methyl sites for hydroxylation is 1. The molecule has 2 fully saturated rings. The van der Waals surface area contributed by atoms with Crippen molar-refractivity contribution in [2.45, 2.75) is 56.0 Å². The number of hydrogen-bond donors (Lipinski definition) is 0. The van der Waals surface area contributed by atoms with Gasteiger partial charge in [-0.3, -0.25) is 9.36 Å². The second-order valence-electron chi connectivity index (χ2n) is 8.77. The Hall–Kier alpha value is -2.07. The normalized spacial score (nSPS) is 21.5. The van der Waals surface area contributed by atoms with Gasteiger partial charge in [0.15, 0.2) is 15.0 Å². The third-order valence-electron chi connectivity index (χ3n) is 6.28. The molecule has 0 aliphatic carbocycles. The number of amides is 1. The van der Waals surface area contributed by atoms with Gasteiger partial charge in [-0.25, -0.2) is 8.42 Å². The maximum atomic E-state index is 13.1. The lowest BCUT2D eigenvalue weighted by Crippen LogP contribution is -2.41. The first-order valence-electron chi connectivity index (χ1n) is 11.2. The van der Waals surface area contributed by atoms with E-state index in [0.29, 0.717) is 11.6 Å². The van der Waals surface area contributed by atoms with Crippen LogP contribution in [-0.2, 0) is 14.6 Å². The minimum atomic E-state index is -3.05. The SMILES string of the molecule is Cc1ccc(-n2c(SC(C)C(=O)N(C)C3CCS(=O)(=O)C3)nnc2N2CCCCC2)cc1. The molecule has 2 atom stereocenters. The van der Waals surface area contributed by atoms with Crippen molar-refractivity contribution in [3.05, 3.63) is 29.8 Å². The highest BCUT2D eigenvalue weighted by atomic mass is 32.2. The standard InChI is InChI=1S/C22H31N5O3S2/c1-16-7-9-18(10-8-16)27-21(26-12-5-4-6-13-26)23-24-22(27)31-17(2)20(28)25(3)19-11-14-32(29,30)15-19/h7-10,17,19H,4-6,11-15H2,1-3H3. The zero-order valence-corrected chi connectivity index (χ0v) is 20.5. The molecule has 3 heterocycles. The van der Waals surface area contributed by atoms with Gasteiger partial charge in [0.05, 0.1) is 22.4 Å². The van der Waals surface area contributed by atoms with E-state index >= 15 is 0 Å². The molecule has 10 heteroatoms. The summed E-state index contributed by atoms with van der Waals surface area (Å²) in [5, 5.41) is 9.22. The first-order chi connectivity index (χ1) is 15.2. The Morgan fingerprint density at radius 3 is 2.47 bits per heavy atom. The molecular weight excluding hydrogens is 446 g/mol. The largest absolute Gasteiger partial charge is 0.341 e. The lowest BCUT2D eigenvalue weighted by atomic mass is 10.1. The molecule has 1 amide bonds. The fraction of sp³-hybridized carbons (Fsp3) is 0.591. The summed E-state index contributed by atoms with van der Waals surface area (Å²) in [4.78, 5) is 17.0. The molecule has 2 unspecified atom stereocenters. The molecule has 0 spiro atoms. The molecule has 0 N–H and O–H groups in total. The molecule has 2 aromatic rings. The van der Waals surface area contributed by atoms with Crippen LogP contribution in [0, 0.1) is 6.92 Å². The zero-order chi connectivity index (χ0) is 22.9. The Kier molecular flexibility index (Phi) is 6.80. The number of piperidine rings is 1. The van der Waals surface area contributed by atoms with Crippen molar-refractivity contribution < 1.29 is 13.2 Å². The molecule has 32 heavy (non-hydrogen) atoms. The highest BCUT2D eigenvalue weighted by Crippen LogP contribution is 2.31. The number of anilines is 1. The van der Waals surface area contributed by atoms with Gasteiger partial charge in [0.2, 0.25) is 11.9 Å². The summed E-state index contributed by atoms with van der Waals surface area (Å²) in [6.07, 6.45) is 3.99. The van der Waals surface area contributed by atoms with Gasteiger partial charge >= 0.3 is 0 Å². The van der Waals surface area contributed by atoms with E-state index in [4.69, 9.17) is 0 Å². The quantitative estimate of drug-likeness (QED) is 0.591. The second kappa shape index (κ2) is 9.43. The molecule has 2 saturated heterocycles. The lowest BCUT2D eigenvalue weighted by Gasteiger charge is -2.28. The summed E-state index contributed by atoms with van der Waals surface area (Å²) < 4.78 is 25.7. The first-order valence-corrected chi connectivity index (χ1v) is 13.9. The number of nitrogens with zero attached hydrogens (tertiary/aromatic N) is 5. The van der Waals surface area contributed by atoms with E-state index in [1.54, 1.807) is 11.9 Å². The van der Waals surface area contributed by atoms with E-state index in [0.717, 1.165) is 37.6 Å². The maximum absolute atomic E-state index is 13.1. The van der Waals surface area contributed by atoms with Crippen LogP contribution in [0.3, 0.4) is 0 Å². The number of thioether (sulfide) groups is 1. The fourth-order valence-electron chi connectivity index (χ4n) is 4.31. The van der Waals surface area contributed by atoms with E-state index in [1.807, 2.05) is 11.5 Å². The van der Waals surface area contributed by atoms with Gasteiger partial charge < -0.3 is 9.80 Å². The van der Waals surface area contributed by atoms with Gasteiger partial charge in [-0.05, 0) is 51.7 Å². The summed E-state index contributed by atoms with van der Waals surface area (Å²) in [5.74, 6) is 0.921. The highest BCUT2D eigenvalue weighted by molar-refractivity contribution is 8.00. The summed E-state index contributed by atoms with van der Waals surface area (Å²) in [6.45, 7) is 5.79. The average Bonchev–Trinajstić information content (AvgIpc) is 3.36. The molecule has 0 bridgehead atoms. The van der Waals surface area contributed by atoms with Crippen LogP contribution in [0.25, 0.3) is 5.69 Å². The smallest absolute Gasteiger partial charge is 0.235 e. The summed E-state index contributed by atoms with van der Waals surface area (Å²) in [5.41, 5.74) is 2.14. The van der Waals surface area contributed by atoms with Crippen molar-refractivity contribution in [3.8, 4) is 5.69 Å². The van der Waals surface area contributed by atoms with Crippen LogP contribution in [0.5, 0.6) is 0 Å². The number of rotatable bonds is 6. The number of carbonyl (C=O) groups excluding carboxylic acids is 1. The van der Waals surface area contributed by atoms with Gasteiger partial charge in [0.25, 0.3) is 0 Å². The molecule has 0 saturated carbocycles.